The highest BCUT2D eigenvalue weighted by atomic mass is 127. The normalized spacial score (nSPS) is 11.6. The molecular formula is C4H6INS. The summed E-state index contributed by atoms with van der Waals surface area (Å²) >= 11 is 5.78. The Morgan fingerprint density at radius 3 is 2.29 bits per heavy atom. The van der Waals surface area contributed by atoms with E-state index in [1.54, 1.807) is 5.41 Å². The van der Waals surface area contributed by atoms with Gasteiger partial charge in [-0.2, -0.15) is 12.6 Å². The van der Waals surface area contributed by atoms with Gasteiger partial charge in [0, 0.05) is 0 Å². The molecule has 3 heteroatoms. The molecule has 7 heavy (non-hydrogen) atoms. The Morgan fingerprint density at radius 2 is 2.29 bits per heavy atom. The van der Waals surface area contributed by atoms with E-state index in [-0.39, 0.29) is 0 Å². The fourth-order valence-electron chi connectivity index (χ4n) is 0.0567. The van der Waals surface area contributed by atoms with Crippen molar-refractivity contribution in [3.05, 3.63) is 11.0 Å². The van der Waals surface area contributed by atoms with E-state index in [9.17, 15) is 0 Å². The van der Waals surface area contributed by atoms with Gasteiger partial charge in [-0.15, -0.1) is 0 Å². The predicted molar refractivity (Wildman–Crippen MR) is 44.5 cm³/mol. The van der Waals surface area contributed by atoms with Crippen LogP contribution in [0.4, 0.5) is 0 Å². The maximum absolute atomic E-state index is 6.97. The maximum Gasteiger partial charge on any atom is 0.0953 e. The van der Waals surface area contributed by atoms with Gasteiger partial charge in [0.25, 0.3) is 0 Å². The second-order valence-corrected chi connectivity index (χ2v) is 2.46. The van der Waals surface area contributed by atoms with Gasteiger partial charge in [-0.25, -0.2) is 0 Å². The number of hydrogen-bond acceptors (Lipinski definition) is 2. The van der Waals surface area contributed by atoms with Gasteiger partial charge in [0.2, 0.25) is 0 Å². The van der Waals surface area contributed by atoms with E-state index in [0.717, 1.165) is 5.57 Å². The second kappa shape index (κ2) is 3.49. The summed E-state index contributed by atoms with van der Waals surface area (Å²) in [5.41, 5.74) is 0.906. The summed E-state index contributed by atoms with van der Waals surface area (Å²) in [4.78, 5) is 0. The third-order valence-corrected chi connectivity index (χ3v) is 1.78. The first-order chi connectivity index (χ1) is 3.18. The fourth-order valence-corrected chi connectivity index (χ4v) is 0.588. The molecule has 1 N–H and O–H groups in total. The van der Waals surface area contributed by atoms with Gasteiger partial charge in [-0.3, -0.25) is 5.41 Å². The summed E-state index contributed by atoms with van der Waals surface area (Å²) < 4.78 is 0.549. The lowest BCUT2D eigenvalue weighted by Gasteiger charge is -1.87. The van der Waals surface area contributed by atoms with E-state index in [2.05, 4.69) is 12.6 Å². The molecule has 1 nitrogen and oxygen atoms in total. The zero-order valence-electron chi connectivity index (χ0n) is 3.90. The number of thiol groups is 1. The Balaban J connectivity index is 3.82. The maximum atomic E-state index is 6.97. The first-order valence-corrected chi connectivity index (χ1v) is 3.33. The molecule has 0 unspecified atom stereocenters. The number of nitrogens with one attached hydrogen (secondary N) is 1. The molecule has 0 saturated heterocycles. The highest BCUT2D eigenvalue weighted by Crippen LogP contribution is 2.01. The van der Waals surface area contributed by atoms with Crippen molar-refractivity contribution in [2.24, 2.45) is 0 Å². The van der Waals surface area contributed by atoms with E-state index >= 15 is 0 Å². The first kappa shape index (κ1) is 7.49. The minimum absolute atomic E-state index is 0.549. The largest absolute Gasteiger partial charge is 0.294 e. The molecule has 0 rings (SSSR count). The first-order valence-electron chi connectivity index (χ1n) is 1.74. The number of hydrogen-bond donors (Lipinski definition) is 2. The van der Waals surface area contributed by atoms with Gasteiger partial charge in [0.05, 0.1) is 3.72 Å². The van der Waals surface area contributed by atoms with Crippen LogP contribution in [0.1, 0.15) is 6.92 Å². The lowest BCUT2D eigenvalue weighted by Crippen LogP contribution is -1.80. The van der Waals surface area contributed by atoms with Crippen LogP contribution in [0, 0.1) is 5.41 Å². The highest BCUT2D eigenvalue weighted by molar-refractivity contribution is 14.1. The Kier molecular flexibility index (Phi) is 3.73. The van der Waals surface area contributed by atoms with Gasteiger partial charge in [-0.05, 0) is 40.5 Å². The number of rotatable bonds is 1. The van der Waals surface area contributed by atoms with Gasteiger partial charge < -0.3 is 0 Å². The molecule has 0 bridgehead atoms. The monoisotopic (exact) mass is 227 g/mol. The van der Waals surface area contributed by atoms with Crippen LogP contribution in [0.25, 0.3) is 0 Å². The molecule has 0 radical (unpaired) electrons. The highest BCUT2D eigenvalue weighted by Gasteiger charge is 1.87. The van der Waals surface area contributed by atoms with Crippen LogP contribution >= 0.6 is 35.2 Å². The van der Waals surface area contributed by atoms with E-state index in [1.807, 2.05) is 29.5 Å². The SMILES string of the molecule is C/C(=C/S)C(=N)I. The van der Waals surface area contributed by atoms with Gasteiger partial charge >= 0.3 is 0 Å². The molecule has 0 heterocycles. The van der Waals surface area contributed by atoms with Gasteiger partial charge in [0.15, 0.2) is 0 Å². The van der Waals surface area contributed by atoms with Crippen LogP contribution in [-0.4, -0.2) is 3.72 Å². The van der Waals surface area contributed by atoms with Crippen LogP contribution in [0.5, 0.6) is 0 Å². The Labute approximate surface area is 62.2 Å². The zero-order valence-corrected chi connectivity index (χ0v) is 6.95. The average molecular weight is 227 g/mol. The Bertz CT molecular complexity index is 108. The molecule has 0 aliphatic rings. The Morgan fingerprint density at radius 1 is 1.86 bits per heavy atom. The van der Waals surface area contributed by atoms with Crippen molar-refractivity contribution in [3.8, 4) is 0 Å². The molecule has 0 aliphatic carbocycles. The average Bonchev–Trinajstić information content (AvgIpc) is 1.65. The lowest BCUT2D eigenvalue weighted by molar-refractivity contribution is 1.51. The molecular weight excluding hydrogens is 221 g/mol. The zero-order chi connectivity index (χ0) is 5.86. The molecule has 40 valence electrons. The topological polar surface area (TPSA) is 23.9 Å². The third kappa shape index (κ3) is 3.11. The fraction of sp³-hybridized carbons (Fsp3) is 0.250. The smallest absolute Gasteiger partial charge is 0.0953 e. The lowest BCUT2D eigenvalue weighted by atomic mass is 10.4. The number of allylic oxidation sites excluding steroid dienone is 1. The van der Waals surface area contributed by atoms with E-state index in [4.69, 9.17) is 5.41 Å². The quantitative estimate of drug-likeness (QED) is 0.390. The summed E-state index contributed by atoms with van der Waals surface area (Å²) in [5.74, 6) is 0. The Hall–Kier alpha value is 0.490. The van der Waals surface area contributed by atoms with Crippen molar-refractivity contribution in [3.63, 3.8) is 0 Å². The van der Waals surface area contributed by atoms with E-state index in [0.29, 0.717) is 3.72 Å². The van der Waals surface area contributed by atoms with Crippen molar-refractivity contribution >= 4 is 38.9 Å². The molecule has 0 amide bonds. The molecule has 0 aromatic heterocycles. The van der Waals surface area contributed by atoms with E-state index < -0.39 is 0 Å². The summed E-state index contributed by atoms with van der Waals surface area (Å²) in [7, 11) is 0. The van der Waals surface area contributed by atoms with Crippen LogP contribution in [0.15, 0.2) is 11.0 Å². The predicted octanol–water partition coefficient (Wildman–Crippen LogP) is 2.23. The van der Waals surface area contributed by atoms with Crippen LogP contribution in [-0.2, 0) is 0 Å². The van der Waals surface area contributed by atoms with Crippen LogP contribution < -0.4 is 0 Å². The van der Waals surface area contributed by atoms with Crippen LogP contribution in [0.2, 0.25) is 0 Å². The standard InChI is InChI=1S/C4H6INS/c1-3(2-7)4(5)6/h2,6-7H,1H3/b3-2-,6-4?. The molecule has 0 atom stereocenters. The molecule has 0 spiro atoms. The molecule has 0 saturated carbocycles. The summed E-state index contributed by atoms with van der Waals surface area (Å²) in [6.07, 6.45) is 0. The second-order valence-electron chi connectivity index (χ2n) is 1.13. The van der Waals surface area contributed by atoms with Crippen molar-refractivity contribution < 1.29 is 0 Å². The van der Waals surface area contributed by atoms with Crippen molar-refractivity contribution in [2.75, 3.05) is 0 Å². The molecule has 0 aromatic rings. The summed E-state index contributed by atoms with van der Waals surface area (Å²) in [6, 6.07) is 0. The minimum Gasteiger partial charge on any atom is -0.294 e. The summed E-state index contributed by atoms with van der Waals surface area (Å²) in [5, 5.41) is 8.59. The van der Waals surface area contributed by atoms with Crippen LogP contribution in [0.3, 0.4) is 0 Å². The van der Waals surface area contributed by atoms with Crippen molar-refractivity contribution in [2.45, 2.75) is 6.92 Å². The molecule has 0 aromatic carbocycles. The van der Waals surface area contributed by atoms with Gasteiger partial charge in [0.1, 0.15) is 0 Å². The number of halogens is 1. The van der Waals surface area contributed by atoms with Crippen molar-refractivity contribution in [1.29, 1.82) is 5.41 Å². The van der Waals surface area contributed by atoms with Gasteiger partial charge in [-0.1, -0.05) is 0 Å². The van der Waals surface area contributed by atoms with E-state index in [1.165, 1.54) is 0 Å². The third-order valence-electron chi connectivity index (χ3n) is 0.540. The van der Waals surface area contributed by atoms with Crippen molar-refractivity contribution in [1.82, 2.24) is 0 Å². The molecule has 0 aliphatic heterocycles. The minimum atomic E-state index is 0.549. The molecule has 0 fully saturated rings. The summed E-state index contributed by atoms with van der Waals surface area (Å²) in [6.45, 7) is 1.85.